The summed E-state index contributed by atoms with van der Waals surface area (Å²) in [6.45, 7) is 2.08. The monoisotopic (exact) mass is 299 g/mol. The highest BCUT2D eigenvalue weighted by molar-refractivity contribution is 7.89. The molecule has 0 aromatic carbocycles. The fourth-order valence-corrected chi connectivity index (χ4v) is 3.24. The number of nitrogen functional groups attached to an aromatic ring is 1. The van der Waals surface area contributed by atoms with Crippen molar-refractivity contribution in [3.05, 3.63) is 34.4 Å². The second kappa shape index (κ2) is 5.61. The van der Waals surface area contributed by atoms with Crippen LogP contribution in [0.3, 0.4) is 0 Å². The molecule has 102 valence electrons. The van der Waals surface area contributed by atoms with E-state index >= 15 is 0 Å². The topological polar surface area (TPSA) is 110 Å². The quantitative estimate of drug-likeness (QED) is 0.551. The molecule has 0 amide bonds. The van der Waals surface area contributed by atoms with Gasteiger partial charge < -0.3 is 5.43 Å². The van der Waals surface area contributed by atoms with Crippen molar-refractivity contribution in [3.8, 4) is 0 Å². The first kappa shape index (κ1) is 13.9. The van der Waals surface area contributed by atoms with E-state index in [0.717, 1.165) is 9.88 Å². The van der Waals surface area contributed by atoms with Crippen molar-refractivity contribution in [2.75, 3.05) is 5.43 Å². The van der Waals surface area contributed by atoms with Crippen LogP contribution in [0.2, 0.25) is 0 Å². The Hall–Kier alpha value is -1.55. The van der Waals surface area contributed by atoms with Crippen LogP contribution in [0, 0.1) is 6.92 Å². The summed E-state index contributed by atoms with van der Waals surface area (Å²) in [7, 11) is -3.59. The molecule has 2 aromatic heterocycles. The molecule has 2 rings (SSSR count). The number of sulfonamides is 1. The lowest BCUT2D eigenvalue weighted by Crippen LogP contribution is -2.23. The van der Waals surface area contributed by atoms with E-state index in [1.165, 1.54) is 29.7 Å². The number of hydrogen-bond donors (Lipinski definition) is 3. The molecule has 0 spiro atoms. The first-order chi connectivity index (χ1) is 9.01. The van der Waals surface area contributed by atoms with Crippen LogP contribution in [0.1, 0.15) is 9.88 Å². The van der Waals surface area contributed by atoms with Gasteiger partial charge in [-0.15, -0.1) is 11.3 Å². The van der Waals surface area contributed by atoms with Gasteiger partial charge in [-0.3, -0.25) is 0 Å². The Morgan fingerprint density at radius 2 is 2.21 bits per heavy atom. The largest absolute Gasteiger partial charge is 0.308 e. The van der Waals surface area contributed by atoms with Gasteiger partial charge in [0.2, 0.25) is 10.0 Å². The van der Waals surface area contributed by atoms with Crippen molar-refractivity contribution < 1.29 is 8.42 Å². The Morgan fingerprint density at radius 3 is 2.84 bits per heavy atom. The van der Waals surface area contributed by atoms with Gasteiger partial charge in [-0.05, 0) is 13.0 Å². The van der Waals surface area contributed by atoms with Crippen LogP contribution in [-0.2, 0) is 16.6 Å². The number of nitrogens with one attached hydrogen (secondary N) is 2. The number of pyridine rings is 1. The summed E-state index contributed by atoms with van der Waals surface area (Å²) >= 11 is 1.45. The van der Waals surface area contributed by atoms with Crippen molar-refractivity contribution in [1.29, 1.82) is 0 Å². The van der Waals surface area contributed by atoms with E-state index < -0.39 is 10.0 Å². The van der Waals surface area contributed by atoms with Crippen molar-refractivity contribution >= 4 is 27.2 Å². The molecule has 0 aliphatic rings. The molecule has 9 heteroatoms. The van der Waals surface area contributed by atoms with Crippen LogP contribution in [0.25, 0.3) is 0 Å². The Kier molecular flexibility index (Phi) is 4.10. The number of aromatic nitrogens is 2. The van der Waals surface area contributed by atoms with Crippen LogP contribution in [0.5, 0.6) is 0 Å². The number of hydrazine groups is 1. The maximum Gasteiger partial charge on any atom is 0.241 e. The lowest BCUT2D eigenvalue weighted by Gasteiger charge is -2.06. The zero-order valence-electron chi connectivity index (χ0n) is 10.1. The number of hydrogen-bond acceptors (Lipinski definition) is 7. The van der Waals surface area contributed by atoms with Gasteiger partial charge in [0.25, 0.3) is 0 Å². The van der Waals surface area contributed by atoms with Crippen LogP contribution < -0.4 is 16.0 Å². The second-order valence-corrected chi connectivity index (χ2v) is 6.78. The first-order valence-electron chi connectivity index (χ1n) is 5.35. The molecule has 0 aliphatic heterocycles. The summed E-state index contributed by atoms with van der Waals surface area (Å²) in [5.41, 5.74) is 2.31. The minimum Gasteiger partial charge on any atom is -0.308 e. The van der Waals surface area contributed by atoms with Gasteiger partial charge in [0.15, 0.2) is 0 Å². The predicted octanol–water partition coefficient (Wildman–Crippen LogP) is 0.611. The highest BCUT2D eigenvalue weighted by atomic mass is 32.2. The van der Waals surface area contributed by atoms with Crippen LogP contribution in [-0.4, -0.2) is 18.4 Å². The van der Waals surface area contributed by atoms with E-state index in [9.17, 15) is 8.42 Å². The van der Waals surface area contributed by atoms with Crippen molar-refractivity contribution in [2.24, 2.45) is 5.84 Å². The molecule has 0 saturated heterocycles. The molecular formula is C10H13N5O2S2. The molecule has 0 radical (unpaired) electrons. The van der Waals surface area contributed by atoms with Crippen molar-refractivity contribution in [2.45, 2.75) is 18.4 Å². The Labute approximate surface area is 114 Å². The number of anilines is 1. The lowest BCUT2D eigenvalue weighted by molar-refractivity contribution is 0.581. The van der Waals surface area contributed by atoms with Gasteiger partial charge in [0.1, 0.15) is 5.82 Å². The van der Waals surface area contributed by atoms with E-state index in [4.69, 9.17) is 5.84 Å². The summed E-state index contributed by atoms with van der Waals surface area (Å²) in [6.07, 6.45) is 3.03. The Bertz CT molecular complexity index is 668. The third kappa shape index (κ3) is 3.47. The molecule has 0 unspecified atom stereocenters. The number of rotatable bonds is 5. The number of nitrogens with two attached hydrogens (primary N) is 1. The number of aryl methyl sites for hydroxylation is 1. The molecule has 19 heavy (non-hydrogen) atoms. The molecule has 0 aliphatic carbocycles. The lowest BCUT2D eigenvalue weighted by atomic mass is 10.5. The minimum absolute atomic E-state index is 0.108. The normalized spacial score (nSPS) is 11.5. The highest BCUT2D eigenvalue weighted by Gasteiger charge is 2.15. The van der Waals surface area contributed by atoms with Gasteiger partial charge >= 0.3 is 0 Å². The van der Waals surface area contributed by atoms with Gasteiger partial charge in [-0.1, -0.05) is 0 Å². The Morgan fingerprint density at radius 1 is 1.42 bits per heavy atom. The fraction of sp³-hybridized carbons (Fsp3) is 0.200. The zero-order chi connectivity index (χ0) is 13.9. The maximum atomic E-state index is 12.1. The summed E-state index contributed by atoms with van der Waals surface area (Å²) in [6, 6.07) is 2.77. The smallest absolute Gasteiger partial charge is 0.241 e. The summed E-state index contributed by atoms with van der Waals surface area (Å²) in [4.78, 5) is 8.88. The first-order valence-corrected chi connectivity index (χ1v) is 7.65. The van der Waals surface area contributed by atoms with E-state index in [2.05, 4.69) is 20.1 Å². The van der Waals surface area contributed by atoms with E-state index in [1.807, 2.05) is 6.92 Å². The molecular weight excluding hydrogens is 286 g/mol. The van der Waals surface area contributed by atoms with E-state index in [1.54, 1.807) is 6.20 Å². The molecule has 0 bridgehead atoms. The third-order valence-electron chi connectivity index (χ3n) is 2.30. The van der Waals surface area contributed by atoms with Crippen molar-refractivity contribution in [1.82, 2.24) is 14.7 Å². The maximum absolute atomic E-state index is 12.1. The van der Waals surface area contributed by atoms with Crippen LogP contribution in [0.15, 0.2) is 29.4 Å². The van der Waals surface area contributed by atoms with Crippen LogP contribution >= 0.6 is 11.3 Å². The van der Waals surface area contributed by atoms with Gasteiger partial charge in [-0.2, -0.15) is 0 Å². The standard InChI is InChI=1S/C10H13N5O2S2/c1-7-13-5-8(18-7)6-14-19(16,17)9-2-3-12-10(4-9)15-11/h2-5,14H,6,11H2,1H3,(H,12,15). The zero-order valence-corrected chi connectivity index (χ0v) is 11.8. The summed E-state index contributed by atoms with van der Waals surface area (Å²) in [5.74, 6) is 5.48. The number of thiazole rings is 1. The molecule has 0 saturated carbocycles. The SMILES string of the molecule is Cc1ncc(CNS(=O)(=O)c2ccnc(NN)c2)s1. The number of nitrogens with zero attached hydrogens (tertiary/aromatic N) is 2. The molecule has 4 N–H and O–H groups in total. The highest BCUT2D eigenvalue weighted by Crippen LogP contribution is 2.15. The molecule has 0 fully saturated rings. The van der Waals surface area contributed by atoms with E-state index in [0.29, 0.717) is 0 Å². The fourth-order valence-electron chi connectivity index (χ4n) is 1.39. The average molecular weight is 299 g/mol. The van der Waals surface area contributed by atoms with Gasteiger partial charge in [0.05, 0.1) is 9.90 Å². The van der Waals surface area contributed by atoms with E-state index in [-0.39, 0.29) is 17.3 Å². The van der Waals surface area contributed by atoms with Gasteiger partial charge in [-0.25, -0.2) is 29.0 Å². The van der Waals surface area contributed by atoms with Gasteiger partial charge in [0, 0.05) is 29.9 Å². The Balaban J connectivity index is 2.13. The molecule has 2 aromatic rings. The minimum atomic E-state index is -3.59. The van der Waals surface area contributed by atoms with Crippen molar-refractivity contribution in [3.63, 3.8) is 0 Å². The summed E-state index contributed by atoms with van der Waals surface area (Å²) in [5, 5.41) is 0.896. The molecule has 7 nitrogen and oxygen atoms in total. The third-order valence-corrected chi connectivity index (χ3v) is 4.61. The average Bonchev–Trinajstić information content (AvgIpc) is 2.82. The molecule has 2 heterocycles. The molecule has 0 atom stereocenters. The van der Waals surface area contributed by atoms with Crippen LogP contribution in [0.4, 0.5) is 5.82 Å². The predicted molar refractivity (Wildman–Crippen MR) is 72.9 cm³/mol. The summed E-state index contributed by atoms with van der Waals surface area (Å²) < 4.78 is 26.6. The second-order valence-electron chi connectivity index (χ2n) is 3.69.